The molecule has 8 bridgehead atoms. The van der Waals surface area contributed by atoms with Crippen LogP contribution in [-0.2, 0) is 18.3 Å². The van der Waals surface area contributed by atoms with Gasteiger partial charge in [-0.05, 0) is 72.8 Å². The summed E-state index contributed by atoms with van der Waals surface area (Å²) < 4.78 is 20.6. The molecule has 2 N–H and O–H groups in total. The molecular weight excluding hydrogens is 613 g/mol. The predicted octanol–water partition coefficient (Wildman–Crippen LogP) is 9.81. The van der Waals surface area contributed by atoms with Gasteiger partial charge in [-0.1, -0.05) is 6.92 Å². The molecule has 0 fully saturated rings. The van der Waals surface area contributed by atoms with Crippen molar-refractivity contribution in [2.75, 3.05) is 6.61 Å². The first-order chi connectivity index (χ1) is 22.0. The fourth-order valence-corrected chi connectivity index (χ4v) is 6.10. The number of H-pyrrole nitrogens is 2. The summed E-state index contributed by atoms with van der Waals surface area (Å²) in [6.45, 7) is 5.11. The number of aromatic nitrogens is 4. The Kier molecular flexibility index (Phi) is 11.9. The number of ether oxygens (including phenoxy) is 1. The van der Waals surface area contributed by atoms with Crippen LogP contribution in [0.25, 0.3) is 46.4 Å². The Morgan fingerprint density at radius 2 is 1.13 bits per heavy atom. The molecule has 0 amide bonds. The number of aromatic amines is 2. The van der Waals surface area contributed by atoms with Crippen LogP contribution in [0.15, 0.2) is 66.7 Å². The molecule has 45 heavy (non-hydrogen) atoms. The van der Waals surface area contributed by atoms with Gasteiger partial charge in [0.1, 0.15) is 0 Å². The Morgan fingerprint density at radius 1 is 0.644 bits per heavy atom. The van der Waals surface area contributed by atoms with E-state index < -0.39 is 0 Å². The molecule has 5 heterocycles. The Balaban J connectivity index is 0.000000180. The summed E-state index contributed by atoms with van der Waals surface area (Å²) >= 11 is 0.980. The van der Waals surface area contributed by atoms with Crippen LogP contribution in [0.4, 0.5) is 4.39 Å². The average molecular weight is 655 g/mol. The molecule has 1 aromatic carbocycles. The molecule has 0 radical (unpaired) electrons. The zero-order valence-electron chi connectivity index (χ0n) is 26.5. The molecule has 3 aromatic heterocycles. The van der Waals surface area contributed by atoms with E-state index in [2.05, 4.69) is 58.0 Å². The van der Waals surface area contributed by atoms with E-state index >= 15 is 0 Å². The molecule has 0 saturated heterocycles. The minimum atomic E-state index is -0.209. The van der Waals surface area contributed by atoms with Crippen molar-refractivity contribution in [2.24, 2.45) is 5.92 Å². The van der Waals surface area contributed by atoms with E-state index in [1.807, 2.05) is 54.6 Å². The van der Waals surface area contributed by atoms with Crippen LogP contribution < -0.4 is 8.89 Å². The first kappa shape index (κ1) is 32.6. The third-order valence-electron chi connectivity index (χ3n) is 7.94. The van der Waals surface area contributed by atoms with Gasteiger partial charge in [-0.3, -0.25) is 0 Å². The van der Waals surface area contributed by atoms with E-state index in [9.17, 15) is 4.39 Å². The molecule has 5 nitrogen and oxygen atoms in total. The Bertz CT molecular complexity index is 1610. The van der Waals surface area contributed by atoms with Gasteiger partial charge in [-0.15, -0.1) is 0 Å². The molecule has 6 rings (SSSR count). The third kappa shape index (κ3) is 10.1. The van der Waals surface area contributed by atoms with Gasteiger partial charge in [-0.2, -0.15) is 0 Å². The van der Waals surface area contributed by atoms with Crippen LogP contribution in [0, 0.1) is 11.7 Å². The molecule has 1 atom stereocenters. The van der Waals surface area contributed by atoms with E-state index in [4.69, 9.17) is 4.74 Å². The van der Waals surface area contributed by atoms with Crippen LogP contribution in [0.3, 0.4) is 0 Å². The van der Waals surface area contributed by atoms with Crippen LogP contribution >= 0.6 is 0 Å². The van der Waals surface area contributed by atoms with Crippen LogP contribution in [-0.4, -0.2) is 26.5 Å². The molecule has 0 spiro atoms. The molecule has 0 saturated carbocycles. The van der Waals surface area contributed by atoms with Crippen molar-refractivity contribution in [1.29, 1.82) is 0 Å². The Hall–Kier alpha value is -3.83. The van der Waals surface area contributed by atoms with E-state index in [1.54, 1.807) is 12.1 Å². The van der Waals surface area contributed by atoms with Crippen molar-refractivity contribution in [3.05, 3.63) is 95.3 Å². The summed E-state index contributed by atoms with van der Waals surface area (Å²) in [7, 11) is 0. The van der Waals surface area contributed by atoms with Gasteiger partial charge in [0.25, 0.3) is 0 Å². The fraction of sp³-hybridized carbons (Fsp3) is 0.316. The summed E-state index contributed by atoms with van der Waals surface area (Å²) in [4.78, 5) is 16.0. The monoisotopic (exact) mass is 653 g/mol. The maximum atomic E-state index is 13.8. The minimum absolute atomic E-state index is 0.209. The van der Waals surface area contributed by atoms with Gasteiger partial charge in [0, 0.05) is 22.1 Å². The molecule has 2 aliphatic rings. The molecule has 229 valence electrons. The van der Waals surface area contributed by atoms with Crippen molar-refractivity contribution >= 4 is 50.5 Å². The second-order valence-electron chi connectivity index (χ2n) is 11.8. The van der Waals surface area contributed by atoms with Gasteiger partial charge < -0.3 is 9.97 Å². The van der Waals surface area contributed by atoms with E-state index in [0.29, 0.717) is 18.3 Å². The molecule has 1 unspecified atom stereocenters. The number of hydrogen-bond acceptors (Lipinski definition) is 3. The number of nitrogens with one attached hydrogen (secondary N) is 2. The first-order valence-corrected chi connectivity index (χ1v) is 17.7. The summed E-state index contributed by atoms with van der Waals surface area (Å²) in [5.74, 6) is 0.775. The van der Waals surface area contributed by atoms with Gasteiger partial charge >= 0.3 is 132 Å². The normalized spacial score (nSPS) is 12.6. The van der Waals surface area contributed by atoms with Gasteiger partial charge in [0.15, 0.2) is 0 Å². The second-order valence-corrected chi connectivity index (χ2v) is 13.6. The van der Waals surface area contributed by atoms with Crippen LogP contribution in [0.5, 0.6) is 5.75 Å². The topological polar surface area (TPSA) is 66.6 Å². The zero-order chi connectivity index (χ0) is 31.4. The molecule has 0 aliphatic carbocycles. The summed E-state index contributed by atoms with van der Waals surface area (Å²) in [6, 6.07) is 21.7. The number of nitrogens with zero attached hydrogens (tertiary/aromatic N) is 2. The molecule has 7 heteroatoms. The standard InChI is InChI=1S/C20H14N4.C18H28FO.Zn/c1-2-14-10-16-5-6-18(23-16)12-20-8-7-19(24-20)11-17-4-3-15(22-17)9-13(1)21-14;1-3-5-7-8-12-16(11-6-4-2)15-20-18-14-10-9-13-17(18)19;/h1-12,21,24H;10,13-14,16H,3-8,11-12,15H2,1-2H3;. The van der Waals surface area contributed by atoms with Crippen LogP contribution in [0.2, 0.25) is 0 Å². The van der Waals surface area contributed by atoms with Gasteiger partial charge in [0.2, 0.25) is 0 Å². The molecular formula is C38H42FN4OZn. The van der Waals surface area contributed by atoms with Crippen molar-refractivity contribution in [2.45, 2.75) is 65.2 Å². The van der Waals surface area contributed by atoms with Crippen molar-refractivity contribution in [1.82, 2.24) is 19.9 Å². The summed E-state index contributed by atoms with van der Waals surface area (Å²) in [5, 5.41) is 0. The van der Waals surface area contributed by atoms with E-state index in [-0.39, 0.29) is 5.82 Å². The summed E-state index contributed by atoms with van der Waals surface area (Å²) in [5.41, 5.74) is 7.86. The number of benzene rings is 1. The predicted molar refractivity (Wildman–Crippen MR) is 182 cm³/mol. The number of hydrogen-bond donors (Lipinski definition) is 2. The number of fused-ring (bicyclic) bond motifs is 8. The summed E-state index contributed by atoms with van der Waals surface area (Å²) in [6.07, 6.45) is 18.1. The first-order valence-electron chi connectivity index (χ1n) is 16.3. The average Bonchev–Trinajstić information content (AvgIpc) is 3.84. The van der Waals surface area contributed by atoms with Crippen molar-refractivity contribution in [3.8, 4) is 5.75 Å². The quantitative estimate of drug-likeness (QED) is 0.108. The van der Waals surface area contributed by atoms with Crippen molar-refractivity contribution in [3.63, 3.8) is 0 Å². The van der Waals surface area contributed by atoms with Gasteiger partial charge in [-0.25, -0.2) is 9.97 Å². The fourth-order valence-electron chi connectivity index (χ4n) is 5.48. The zero-order valence-corrected chi connectivity index (χ0v) is 29.5. The Morgan fingerprint density at radius 3 is 1.60 bits per heavy atom. The van der Waals surface area contributed by atoms with Crippen molar-refractivity contribution < 1.29 is 27.4 Å². The van der Waals surface area contributed by atoms with Gasteiger partial charge in [0.05, 0.1) is 22.8 Å². The van der Waals surface area contributed by atoms with Crippen LogP contribution in [0.1, 0.15) is 88.0 Å². The Labute approximate surface area is 275 Å². The number of halogens is 1. The SMILES string of the molecule is C1=Cc2cc3ccc(cc4nc(cc5ccc(cc1n2)[nH]5)C=C4)[nH]3.CCCCCCC(CCCC)COc1cc[c]([Zn])cc1F. The third-order valence-corrected chi connectivity index (χ3v) is 8.87. The van der Waals surface area contributed by atoms with E-state index in [0.717, 1.165) is 67.3 Å². The maximum absolute atomic E-state index is 13.8. The number of unbranched alkanes of at least 4 members (excludes halogenated alkanes) is 4. The molecule has 4 aromatic rings. The second kappa shape index (κ2) is 16.5. The molecule has 2 aliphatic heterocycles. The van der Waals surface area contributed by atoms with E-state index in [1.165, 1.54) is 51.4 Å². The number of rotatable bonds is 11.